The Morgan fingerprint density at radius 2 is 1.96 bits per heavy atom. The molecule has 0 bridgehead atoms. The molecule has 0 aliphatic carbocycles. The van der Waals surface area contributed by atoms with Gasteiger partial charge in [-0.05, 0) is 24.6 Å². The van der Waals surface area contributed by atoms with E-state index in [1.54, 1.807) is 6.20 Å². The summed E-state index contributed by atoms with van der Waals surface area (Å²) in [5.74, 6) is 1.18. The minimum atomic E-state index is 0.534. The number of fused-ring (bicyclic) bond motifs is 1. The van der Waals surface area contributed by atoms with Crippen molar-refractivity contribution in [1.82, 2.24) is 25.1 Å². The number of aryl methyl sites for hydroxylation is 1. The lowest BCUT2D eigenvalue weighted by Crippen LogP contribution is -2.00. The van der Waals surface area contributed by atoms with Gasteiger partial charge in [0.15, 0.2) is 5.82 Å². The summed E-state index contributed by atoms with van der Waals surface area (Å²) in [5, 5.41) is 10.8. The molecule has 0 fully saturated rings. The van der Waals surface area contributed by atoms with E-state index < -0.39 is 0 Å². The Balaban J connectivity index is 1.91. The fraction of sp³-hybridized carbons (Fsp3) is 0.0588. The molecule has 0 spiro atoms. The van der Waals surface area contributed by atoms with Crippen LogP contribution in [0.4, 0.5) is 11.8 Å². The lowest BCUT2D eigenvalue weighted by Gasteiger charge is -2.10. The van der Waals surface area contributed by atoms with Crippen molar-refractivity contribution >= 4 is 22.7 Å². The lowest BCUT2D eigenvalue weighted by atomic mass is 10.0. The first-order valence-electron chi connectivity index (χ1n) is 7.25. The van der Waals surface area contributed by atoms with Crippen LogP contribution in [0.3, 0.4) is 0 Å². The third kappa shape index (κ3) is 2.50. The summed E-state index contributed by atoms with van der Waals surface area (Å²) in [6.07, 6.45) is 3.20. The number of nitrogens with one attached hydrogen (secondary N) is 2. The number of hydrogen-bond donors (Lipinski definition) is 2. The molecule has 4 rings (SSSR count). The Hall–Kier alpha value is -3.28. The summed E-state index contributed by atoms with van der Waals surface area (Å²) in [7, 11) is 0. The first-order chi connectivity index (χ1) is 11.3. The van der Waals surface area contributed by atoms with E-state index in [0.29, 0.717) is 11.8 Å². The van der Waals surface area contributed by atoms with E-state index >= 15 is 0 Å². The third-order valence-electron chi connectivity index (χ3n) is 3.66. The summed E-state index contributed by atoms with van der Waals surface area (Å²) < 4.78 is 0. The SMILES string of the molecule is Cc1ccccc1-c1cc2cccnc2c(Nc2ncn[nH]2)n1. The van der Waals surface area contributed by atoms with E-state index in [2.05, 4.69) is 50.6 Å². The van der Waals surface area contributed by atoms with Gasteiger partial charge in [-0.15, -0.1) is 0 Å². The molecule has 2 N–H and O–H groups in total. The number of benzene rings is 1. The normalized spacial score (nSPS) is 10.8. The predicted octanol–water partition coefficient (Wildman–Crippen LogP) is 3.47. The number of pyridine rings is 2. The maximum atomic E-state index is 4.75. The molecule has 0 saturated heterocycles. The molecule has 0 saturated carbocycles. The standard InChI is InChI=1S/C17H14N6/c1-11-5-2-3-7-13(11)14-9-12-6-4-8-18-15(12)16(21-14)22-17-19-10-20-23-17/h2-10H,1H3,(H2,19,20,21,22,23). The Bertz CT molecular complexity index is 962. The second-order valence-corrected chi connectivity index (χ2v) is 5.21. The van der Waals surface area contributed by atoms with Crippen LogP contribution in [0.25, 0.3) is 22.2 Å². The molecule has 112 valence electrons. The summed E-state index contributed by atoms with van der Waals surface area (Å²) >= 11 is 0. The molecule has 6 nitrogen and oxygen atoms in total. The Kier molecular flexibility index (Phi) is 3.20. The van der Waals surface area contributed by atoms with Gasteiger partial charge in [0, 0.05) is 17.1 Å². The van der Waals surface area contributed by atoms with Gasteiger partial charge in [-0.1, -0.05) is 30.3 Å². The molecule has 3 heterocycles. The fourth-order valence-electron chi connectivity index (χ4n) is 2.55. The molecular weight excluding hydrogens is 288 g/mol. The molecule has 0 aliphatic rings. The maximum Gasteiger partial charge on any atom is 0.224 e. The van der Waals surface area contributed by atoms with E-state index in [0.717, 1.165) is 22.2 Å². The molecular formula is C17H14N6. The average molecular weight is 302 g/mol. The quantitative estimate of drug-likeness (QED) is 0.606. The summed E-state index contributed by atoms with van der Waals surface area (Å²) in [6, 6.07) is 14.2. The number of anilines is 2. The van der Waals surface area contributed by atoms with Crippen molar-refractivity contribution in [2.75, 3.05) is 5.32 Å². The molecule has 0 atom stereocenters. The van der Waals surface area contributed by atoms with Crippen LogP contribution in [0.2, 0.25) is 0 Å². The minimum absolute atomic E-state index is 0.534. The molecule has 3 aromatic heterocycles. The topological polar surface area (TPSA) is 79.4 Å². The molecule has 23 heavy (non-hydrogen) atoms. The van der Waals surface area contributed by atoms with Gasteiger partial charge in [0.2, 0.25) is 5.95 Å². The van der Waals surface area contributed by atoms with E-state index in [1.807, 2.05) is 24.3 Å². The molecule has 6 heteroatoms. The summed E-state index contributed by atoms with van der Waals surface area (Å²) in [4.78, 5) is 13.3. The van der Waals surface area contributed by atoms with Crippen molar-refractivity contribution in [3.8, 4) is 11.3 Å². The maximum absolute atomic E-state index is 4.75. The second-order valence-electron chi connectivity index (χ2n) is 5.21. The number of hydrogen-bond acceptors (Lipinski definition) is 5. The van der Waals surface area contributed by atoms with Crippen LogP contribution < -0.4 is 5.32 Å². The summed E-state index contributed by atoms with van der Waals surface area (Å²) in [5.41, 5.74) is 3.96. The number of aromatic amines is 1. The highest BCUT2D eigenvalue weighted by Gasteiger charge is 2.11. The highest BCUT2D eigenvalue weighted by Crippen LogP contribution is 2.29. The third-order valence-corrected chi connectivity index (χ3v) is 3.66. The number of aromatic nitrogens is 5. The zero-order valence-electron chi connectivity index (χ0n) is 12.5. The molecule has 1 aromatic carbocycles. The largest absolute Gasteiger partial charge is 0.307 e. The number of H-pyrrole nitrogens is 1. The van der Waals surface area contributed by atoms with Gasteiger partial charge in [0.25, 0.3) is 0 Å². The number of nitrogens with zero attached hydrogens (tertiary/aromatic N) is 4. The van der Waals surface area contributed by atoms with Crippen LogP contribution >= 0.6 is 0 Å². The van der Waals surface area contributed by atoms with Gasteiger partial charge in [-0.2, -0.15) is 10.1 Å². The van der Waals surface area contributed by atoms with Crippen LogP contribution in [0.15, 0.2) is 55.0 Å². The van der Waals surface area contributed by atoms with E-state index in [1.165, 1.54) is 11.9 Å². The highest BCUT2D eigenvalue weighted by atomic mass is 15.3. The Labute approximate surface area is 132 Å². The monoisotopic (exact) mass is 302 g/mol. The van der Waals surface area contributed by atoms with Crippen molar-refractivity contribution in [3.05, 3.63) is 60.6 Å². The molecule has 4 aromatic rings. The lowest BCUT2D eigenvalue weighted by molar-refractivity contribution is 1.09. The average Bonchev–Trinajstić information content (AvgIpc) is 3.08. The van der Waals surface area contributed by atoms with Gasteiger partial charge >= 0.3 is 0 Å². The first-order valence-corrected chi connectivity index (χ1v) is 7.25. The van der Waals surface area contributed by atoms with Crippen molar-refractivity contribution < 1.29 is 0 Å². The zero-order valence-corrected chi connectivity index (χ0v) is 12.5. The van der Waals surface area contributed by atoms with E-state index in [9.17, 15) is 0 Å². The highest BCUT2D eigenvalue weighted by molar-refractivity contribution is 5.92. The molecule has 0 unspecified atom stereocenters. The Morgan fingerprint density at radius 3 is 2.78 bits per heavy atom. The predicted molar refractivity (Wildman–Crippen MR) is 89.4 cm³/mol. The van der Waals surface area contributed by atoms with Gasteiger partial charge in [-0.25, -0.2) is 10.1 Å². The van der Waals surface area contributed by atoms with Crippen LogP contribution in [0.1, 0.15) is 5.56 Å². The van der Waals surface area contributed by atoms with Crippen molar-refractivity contribution in [2.45, 2.75) is 6.92 Å². The molecule has 0 radical (unpaired) electrons. The van der Waals surface area contributed by atoms with Crippen molar-refractivity contribution in [1.29, 1.82) is 0 Å². The molecule has 0 aliphatic heterocycles. The fourth-order valence-corrected chi connectivity index (χ4v) is 2.55. The second kappa shape index (κ2) is 5.49. The van der Waals surface area contributed by atoms with E-state index in [4.69, 9.17) is 4.98 Å². The van der Waals surface area contributed by atoms with Crippen LogP contribution in [-0.2, 0) is 0 Å². The zero-order chi connectivity index (χ0) is 15.6. The van der Waals surface area contributed by atoms with Crippen LogP contribution in [-0.4, -0.2) is 25.1 Å². The minimum Gasteiger partial charge on any atom is -0.307 e. The van der Waals surface area contributed by atoms with E-state index in [-0.39, 0.29) is 0 Å². The van der Waals surface area contributed by atoms with Crippen molar-refractivity contribution in [3.63, 3.8) is 0 Å². The summed E-state index contributed by atoms with van der Waals surface area (Å²) in [6.45, 7) is 2.08. The number of rotatable bonds is 3. The van der Waals surface area contributed by atoms with Gasteiger partial charge in [0.05, 0.1) is 5.69 Å². The van der Waals surface area contributed by atoms with Crippen LogP contribution in [0.5, 0.6) is 0 Å². The first kappa shape index (κ1) is 13.4. The van der Waals surface area contributed by atoms with Crippen molar-refractivity contribution in [2.24, 2.45) is 0 Å². The van der Waals surface area contributed by atoms with Gasteiger partial charge in [0.1, 0.15) is 11.8 Å². The van der Waals surface area contributed by atoms with Crippen LogP contribution in [0, 0.1) is 6.92 Å². The molecule has 0 amide bonds. The smallest absolute Gasteiger partial charge is 0.224 e. The van der Waals surface area contributed by atoms with Gasteiger partial charge in [-0.3, -0.25) is 4.98 Å². The Morgan fingerprint density at radius 1 is 1.04 bits per heavy atom. The van der Waals surface area contributed by atoms with Gasteiger partial charge < -0.3 is 5.32 Å².